The molecule has 1 aromatic heterocycles. The molecule has 0 spiro atoms. The van der Waals surface area contributed by atoms with Crippen LogP contribution in [-0.2, 0) is 0 Å². The molecule has 0 aliphatic rings. The third-order valence-corrected chi connectivity index (χ3v) is 2.23. The number of para-hydroxylation sites is 1. The van der Waals surface area contributed by atoms with Crippen LogP contribution in [0, 0.1) is 5.82 Å². The van der Waals surface area contributed by atoms with Crippen molar-refractivity contribution in [2.45, 2.75) is 0 Å². The molecule has 0 fully saturated rings. The van der Waals surface area contributed by atoms with Crippen LogP contribution >= 0.6 is 0 Å². The van der Waals surface area contributed by atoms with Crippen molar-refractivity contribution in [3.05, 3.63) is 42.3 Å². The topological polar surface area (TPSA) is 76.9 Å². The van der Waals surface area contributed by atoms with Gasteiger partial charge in [0.25, 0.3) is 0 Å². The molecule has 0 aliphatic carbocycles. The second-order valence-corrected chi connectivity index (χ2v) is 4.30. The van der Waals surface area contributed by atoms with Crippen LogP contribution in [0.15, 0.2) is 41.5 Å². The van der Waals surface area contributed by atoms with E-state index in [4.69, 9.17) is 9.47 Å². The van der Waals surface area contributed by atoms with Crippen molar-refractivity contribution >= 4 is 18.3 Å². The predicted molar refractivity (Wildman–Crippen MR) is 76.9 cm³/mol. The Morgan fingerprint density at radius 3 is 2.68 bits per heavy atom. The second kappa shape index (κ2) is 7.11. The van der Waals surface area contributed by atoms with Gasteiger partial charge in [0.15, 0.2) is 11.6 Å². The Labute approximate surface area is 126 Å². The third kappa shape index (κ3) is 4.51. The van der Waals surface area contributed by atoms with Gasteiger partial charge in [0.05, 0.1) is 12.5 Å². The summed E-state index contributed by atoms with van der Waals surface area (Å²) < 4.78 is 23.2. The molecule has 0 radical (unpaired) electrons. The molecule has 0 amide bonds. The summed E-state index contributed by atoms with van der Waals surface area (Å²) in [5.41, 5.74) is 0. The number of aromatic nitrogens is 2. The fourth-order valence-electron chi connectivity index (χ4n) is 1.33. The van der Waals surface area contributed by atoms with E-state index in [0.717, 1.165) is 6.20 Å². The zero-order chi connectivity index (χ0) is 15.9. The van der Waals surface area contributed by atoms with Crippen LogP contribution in [0.5, 0.6) is 11.8 Å². The van der Waals surface area contributed by atoms with E-state index in [1.807, 2.05) is 0 Å². The molecule has 1 heterocycles. The highest BCUT2D eigenvalue weighted by molar-refractivity contribution is 5.66. The molecule has 114 valence electrons. The third-order valence-electron chi connectivity index (χ3n) is 2.23. The van der Waals surface area contributed by atoms with Gasteiger partial charge in [0.1, 0.15) is 5.75 Å². The van der Waals surface area contributed by atoms with Crippen LogP contribution in [0.1, 0.15) is 0 Å². The Balaban J connectivity index is 2.06. The van der Waals surface area contributed by atoms with Gasteiger partial charge in [0.2, 0.25) is 0 Å². The summed E-state index contributed by atoms with van der Waals surface area (Å²) in [6, 6.07) is 7.99. The summed E-state index contributed by atoms with van der Waals surface area (Å²) in [6.45, 7) is 0. The summed E-state index contributed by atoms with van der Waals surface area (Å²) in [4.78, 5) is 24.2. The van der Waals surface area contributed by atoms with Crippen LogP contribution in [0.3, 0.4) is 0 Å². The number of aliphatic imine (C=N–C) groups is 1. The Bertz CT molecular complexity index is 677. The molecule has 8 heteroatoms. The molecular weight excluding hydrogens is 291 g/mol. The minimum atomic E-state index is -1.03. The lowest BCUT2D eigenvalue weighted by Gasteiger charge is -2.05. The number of nitrogens with zero attached hydrogens (tertiary/aromatic N) is 4. The maximum absolute atomic E-state index is 13.5. The Morgan fingerprint density at radius 2 is 2.00 bits per heavy atom. The molecular formula is C14H13FN4O3. The molecule has 0 bridgehead atoms. The van der Waals surface area contributed by atoms with E-state index < -0.39 is 12.0 Å². The van der Waals surface area contributed by atoms with Gasteiger partial charge < -0.3 is 14.4 Å². The average Bonchev–Trinajstić information content (AvgIpc) is 2.48. The van der Waals surface area contributed by atoms with Gasteiger partial charge in [-0.05, 0) is 12.1 Å². The fourth-order valence-corrected chi connectivity index (χ4v) is 1.33. The van der Waals surface area contributed by atoms with Crippen molar-refractivity contribution < 1.29 is 18.7 Å². The molecule has 22 heavy (non-hydrogen) atoms. The van der Waals surface area contributed by atoms with Crippen molar-refractivity contribution in [3.8, 4) is 11.8 Å². The van der Waals surface area contributed by atoms with Gasteiger partial charge in [-0.3, -0.25) is 0 Å². The first kappa shape index (κ1) is 15.4. The molecule has 1 aromatic carbocycles. The van der Waals surface area contributed by atoms with E-state index in [1.54, 1.807) is 49.3 Å². The molecule has 7 nitrogen and oxygen atoms in total. The Kier molecular flexibility index (Phi) is 4.97. The van der Waals surface area contributed by atoms with E-state index in [9.17, 15) is 9.18 Å². The van der Waals surface area contributed by atoms with Crippen molar-refractivity contribution in [2.75, 3.05) is 14.1 Å². The first-order valence-electron chi connectivity index (χ1n) is 6.22. The van der Waals surface area contributed by atoms with Crippen molar-refractivity contribution in [3.63, 3.8) is 0 Å². The lowest BCUT2D eigenvalue weighted by Crippen LogP contribution is -2.15. The van der Waals surface area contributed by atoms with Crippen LogP contribution in [-0.4, -0.2) is 41.5 Å². The van der Waals surface area contributed by atoms with E-state index in [1.165, 1.54) is 6.34 Å². The predicted octanol–water partition coefficient (Wildman–Crippen LogP) is 2.41. The molecule has 0 atom stereocenters. The Morgan fingerprint density at radius 1 is 1.27 bits per heavy atom. The van der Waals surface area contributed by atoms with Crippen LogP contribution in [0.25, 0.3) is 0 Å². The monoisotopic (exact) mass is 304 g/mol. The van der Waals surface area contributed by atoms with Crippen LogP contribution in [0.2, 0.25) is 0 Å². The summed E-state index contributed by atoms with van der Waals surface area (Å²) in [7, 11) is 3.44. The maximum Gasteiger partial charge on any atom is 0.521 e. The van der Waals surface area contributed by atoms with E-state index in [0.29, 0.717) is 5.75 Å². The normalized spacial score (nSPS) is 10.5. The molecule has 0 aliphatic heterocycles. The zero-order valence-electron chi connectivity index (χ0n) is 11.9. The van der Waals surface area contributed by atoms with Gasteiger partial charge in [-0.1, -0.05) is 18.2 Å². The Hall–Kier alpha value is -3.03. The highest BCUT2D eigenvalue weighted by Crippen LogP contribution is 2.17. The minimum absolute atomic E-state index is 0.244. The highest BCUT2D eigenvalue weighted by Gasteiger charge is 2.12. The lowest BCUT2D eigenvalue weighted by atomic mass is 10.3. The average molecular weight is 304 g/mol. The molecule has 2 rings (SSSR count). The smallest absolute Gasteiger partial charge is 0.395 e. The first-order chi connectivity index (χ1) is 10.5. The second-order valence-electron chi connectivity index (χ2n) is 4.30. The summed E-state index contributed by atoms with van der Waals surface area (Å²) in [5.74, 6) is -0.673. The number of benzene rings is 1. The van der Waals surface area contributed by atoms with Crippen molar-refractivity contribution in [1.82, 2.24) is 14.9 Å². The SMILES string of the molecule is CN(C)/C=N/c1nc(OC(=O)Oc2ccccc2)ncc1F. The molecule has 0 N–H and O–H groups in total. The molecule has 0 saturated carbocycles. The summed E-state index contributed by atoms with van der Waals surface area (Å²) in [5, 5.41) is 0. The zero-order valence-corrected chi connectivity index (χ0v) is 11.9. The maximum atomic E-state index is 13.5. The van der Waals surface area contributed by atoms with Crippen molar-refractivity contribution in [1.29, 1.82) is 0 Å². The highest BCUT2D eigenvalue weighted by atomic mass is 19.1. The van der Waals surface area contributed by atoms with Crippen molar-refractivity contribution in [2.24, 2.45) is 4.99 Å². The lowest BCUT2D eigenvalue weighted by molar-refractivity contribution is 0.147. The fraction of sp³-hybridized carbons (Fsp3) is 0.143. The summed E-state index contributed by atoms with van der Waals surface area (Å²) >= 11 is 0. The molecule has 0 unspecified atom stereocenters. The quantitative estimate of drug-likeness (QED) is 0.373. The number of hydrogen-bond donors (Lipinski definition) is 0. The van der Waals surface area contributed by atoms with Gasteiger partial charge in [-0.25, -0.2) is 19.2 Å². The largest absolute Gasteiger partial charge is 0.521 e. The molecule has 2 aromatic rings. The van der Waals surface area contributed by atoms with E-state index >= 15 is 0 Å². The van der Waals surface area contributed by atoms with Gasteiger partial charge in [-0.2, -0.15) is 4.98 Å². The van der Waals surface area contributed by atoms with E-state index in [-0.39, 0.29) is 11.8 Å². The number of ether oxygens (including phenoxy) is 2. The van der Waals surface area contributed by atoms with Crippen LogP contribution in [0.4, 0.5) is 15.0 Å². The minimum Gasteiger partial charge on any atom is -0.395 e. The number of carbonyl (C=O) groups excluding carboxylic acids is 1. The summed E-state index contributed by atoms with van der Waals surface area (Å²) in [6.07, 6.45) is 1.19. The number of carbonyl (C=O) groups is 1. The van der Waals surface area contributed by atoms with Gasteiger partial charge in [0, 0.05) is 14.1 Å². The van der Waals surface area contributed by atoms with Gasteiger partial charge in [-0.15, -0.1) is 0 Å². The number of hydrogen-bond acceptors (Lipinski definition) is 6. The van der Waals surface area contributed by atoms with Crippen LogP contribution < -0.4 is 9.47 Å². The first-order valence-corrected chi connectivity index (χ1v) is 6.22. The standard InChI is InChI=1S/C14H13FN4O3/c1-19(2)9-17-12-11(15)8-16-13(18-12)22-14(20)21-10-6-4-3-5-7-10/h3-9H,1-2H3/b17-9+. The molecule has 0 saturated heterocycles. The van der Waals surface area contributed by atoms with Gasteiger partial charge >= 0.3 is 12.2 Å². The number of rotatable bonds is 4. The number of halogens is 1. The van der Waals surface area contributed by atoms with E-state index in [2.05, 4.69) is 15.0 Å².